The highest BCUT2D eigenvalue weighted by atomic mass is 16.5. The second kappa shape index (κ2) is 17.5. The van der Waals surface area contributed by atoms with Gasteiger partial charge in [0.2, 0.25) is 11.8 Å². The monoisotopic (exact) mass is 488 g/mol. The van der Waals surface area contributed by atoms with Gasteiger partial charge < -0.3 is 25.2 Å². The third-order valence-corrected chi connectivity index (χ3v) is 5.40. The summed E-state index contributed by atoms with van der Waals surface area (Å²) >= 11 is 0. The molecule has 0 aromatic heterocycles. The maximum absolute atomic E-state index is 13.2. The first kappa shape index (κ1) is 30.1. The Morgan fingerprint density at radius 2 is 1.80 bits per heavy atom. The molecule has 0 bridgehead atoms. The van der Waals surface area contributed by atoms with Gasteiger partial charge in [-0.1, -0.05) is 42.5 Å². The second-order valence-corrected chi connectivity index (χ2v) is 8.50. The van der Waals surface area contributed by atoms with Gasteiger partial charge in [0, 0.05) is 26.0 Å². The third-order valence-electron chi connectivity index (χ3n) is 5.40. The van der Waals surface area contributed by atoms with Crippen molar-refractivity contribution < 1.29 is 29.0 Å². The number of hydrogen-bond acceptors (Lipinski definition) is 6. The van der Waals surface area contributed by atoms with Gasteiger partial charge in [-0.2, -0.15) is 0 Å². The minimum atomic E-state index is -0.764. The van der Waals surface area contributed by atoms with Crippen LogP contribution in [0, 0.1) is 5.92 Å². The fourth-order valence-corrected chi connectivity index (χ4v) is 3.56. The van der Waals surface area contributed by atoms with Crippen LogP contribution in [-0.4, -0.2) is 55.3 Å². The Labute approximate surface area is 208 Å². The third kappa shape index (κ3) is 11.8. The molecule has 0 spiro atoms. The van der Waals surface area contributed by atoms with E-state index in [2.05, 4.69) is 23.8 Å². The Morgan fingerprint density at radius 1 is 1.09 bits per heavy atom. The molecule has 0 fully saturated rings. The number of ether oxygens (including phenoxy) is 2. The average Bonchev–Trinajstić information content (AvgIpc) is 2.85. The normalized spacial score (nSPS) is 14.1. The summed E-state index contributed by atoms with van der Waals surface area (Å²) in [7, 11) is 1.50. The summed E-state index contributed by atoms with van der Waals surface area (Å²) in [6.45, 7) is 8.96. The lowest BCUT2D eigenvalue weighted by Gasteiger charge is -2.29. The Morgan fingerprint density at radius 3 is 2.40 bits per heavy atom. The predicted octanol–water partition coefficient (Wildman–Crippen LogP) is 3.23. The van der Waals surface area contributed by atoms with Crippen LogP contribution in [0.1, 0.15) is 57.1 Å². The summed E-state index contributed by atoms with van der Waals surface area (Å²) in [4.78, 5) is 38.1. The maximum atomic E-state index is 13.2. The Hall–Kier alpha value is -2.97. The SMILES string of the molecule is C=CCCCCC(=O)O[C@@H](c1ccccc1)[C@H](COC)NC(=O)[C@@H](CC=C)CC(=O)N[C@@H](C)CO. The number of carbonyl (C=O) groups is 3. The van der Waals surface area contributed by atoms with Crippen molar-refractivity contribution in [2.45, 2.75) is 63.6 Å². The summed E-state index contributed by atoms with van der Waals surface area (Å²) in [5, 5.41) is 14.7. The highest BCUT2D eigenvalue weighted by molar-refractivity contribution is 5.86. The minimum Gasteiger partial charge on any atom is -0.455 e. The summed E-state index contributed by atoms with van der Waals surface area (Å²) < 4.78 is 11.2. The van der Waals surface area contributed by atoms with Crippen LogP contribution >= 0.6 is 0 Å². The first-order valence-electron chi connectivity index (χ1n) is 12.0. The van der Waals surface area contributed by atoms with Crippen LogP contribution in [0.5, 0.6) is 0 Å². The van der Waals surface area contributed by atoms with Crippen molar-refractivity contribution in [1.29, 1.82) is 0 Å². The Kier molecular flexibility index (Phi) is 15.0. The molecule has 4 atom stereocenters. The first-order chi connectivity index (χ1) is 16.9. The van der Waals surface area contributed by atoms with E-state index >= 15 is 0 Å². The lowest BCUT2D eigenvalue weighted by molar-refractivity contribution is -0.153. The number of benzene rings is 1. The summed E-state index contributed by atoms with van der Waals surface area (Å²) in [6.07, 6.45) is 5.44. The molecule has 0 heterocycles. The number of aliphatic hydroxyl groups excluding tert-OH is 1. The lowest BCUT2D eigenvalue weighted by atomic mass is 9.97. The number of unbranched alkanes of at least 4 members (excludes halogenated alkanes) is 2. The zero-order valence-electron chi connectivity index (χ0n) is 20.9. The van der Waals surface area contributed by atoms with E-state index in [9.17, 15) is 14.4 Å². The molecule has 0 saturated carbocycles. The molecule has 3 N–H and O–H groups in total. The topological polar surface area (TPSA) is 114 Å². The maximum Gasteiger partial charge on any atom is 0.306 e. The molecule has 194 valence electrons. The van der Waals surface area contributed by atoms with Gasteiger partial charge >= 0.3 is 5.97 Å². The van der Waals surface area contributed by atoms with Crippen molar-refractivity contribution in [2.75, 3.05) is 20.3 Å². The molecule has 2 amide bonds. The van der Waals surface area contributed by atoms with Crippen LogP contribution < -0.4 is 10.6 Å². The molecule has 8 nitrogen and oxygen atoms in total. The molecule has 0 aliphatic carbocycles. The van der Waals surface area contributed by atoms with E-state index in [4.69, 9.17) is 14.6 Å². The number of carbonyl (C=O) groups excluding carboxylic acids is 3. The molecule has 1 aromatic rings. The van der Waals surface area contributed by atoms with E-state index in [1.54, 1.807) is 13.0 Å². The molecule has 1 rings (SSSR count). The molecule has 0 radical (unpaired) electrons. The molecular weight excluding hydrogens is 448 g/mol. The van der Waals surface area contributed by atoms with Crippen LogP contribution in [0.15, 0.2) is 55.6 Å². The molecule has 0 saturated heterocycles. The van der Waals surface area contributed by atoms with Gasteiger partial charge in [0.25, 0.3) is 0 Å². The number of rotatable bonds is 18. The van der Waals surface area contributed by atoms with Gasteiger partial charge in [0.15, 0.2) is 0 Å². The number of hydrogen-bond donors (Lipinski definition) is 3. The predicted molar refractivity (Wildman–Crippen MR) is 135 cm³/mol. The van der Waals surface area contributed by atoms with Crippen molar-refractivity contribution in [3.05, 3.63) is 61.2 Å². The van der Waals surface area contributed by atoms with Crippen molar-refractivity contribution in [1.82, 2.24) is 10.6 Å². The largest absolute Gasteiger partial charge is 0.455 e. The standard InChI is InChI=1S/C27H40N2O6/c1-5-7-8-12-16-25(32)35-26(21-14-10-9-11-15-21)23(19-34-4)29-27(33)22(13-6-2)17-24(31)28-20(3)18-30/h5-6,9-11,14-15,20,22-23,26,30H,1-2,7-8,12-13,16-19H2,3-4H3,(H,28,31)(H,29,33)/t20-,22-,23-,26-/m0/s1. The molecule has 35 heavy (non-hydrogen) atoms. The van der Waals surface area contributed by atoms with Gasteiger partial charge in [-0.3, -0.25) is 14.4 Å². The highest BCUT2D eigenvalue weighted by Crippen LogP contribution is 2.24. The van der Waals surface area contributed by atoms with Gasteiger partial charge in [-0.25, -0.2) is 0 Å². The number of amides is 2. The van der Waals surface area contributed by atoms with Crippen molar-refractivity contribution in [3.8, 4) is 0 Å². The van der Waals surface area contributed by atoms with Gasteiger partial charge in [0.05, 0.1) is 25.2 Å². The lowest BCUT2D eigenvalue weighted by Crippen LogP contribution is -2.47. The van der Waals surface area contributed by atoms with Crippen molar-refractivity contribution in [2.24, 2.45) is 5.92 Å². The van der Waals surface area contributed by atoms with Crippen molar-refractivity contribution in [3.63, 3.8) is 0 Å². The fourth-order valence-electron chi connectivity index (χ4n) is 3.56. The quantitative estimate of drug-likeness (QED) is 0.166. The summed E-state index contributed by atoms with van der Waals surface area (Å²) in [5.74, 6) is -1.76. The number of aliphatic hydroxyl groups is 1. The number of nitrogens with one attached hydrogen (secondary N) is 2. The van der Waals surface area contributed by atoms with Crippen LogP contribution in [0.25, 0.3) is 0 Å². The molecule has 1 aromatic carbocycles. The Balaban J connectivity index is 3.02. The van der Waals surface area contributed by atoms with Gasteiger partial charge in [-0.15, -0.1) is 13.2 Å². The summed E-state index contributed by atoms with van der Waals surface area (Å²) in [5.41, 5.74) is 0.726. The van der Waals surface area contributed by atoms with Crippen LogP contribution in [0.4, 0.5) is 0 Å². The molecule has 0 aliphatic rings. The second-order valence-electron chi connectivity index (χ2n) is 8.50. The van der Waals surface area contributed by atoms with Crippen LogP contribution in [-0.2, 0) is 23.9 Å². The van der Waals surface area contributed by atoms with Crippen molar-refractivity contribution >= 4 is 17.8 Å². The van der Waals surface area contributed by atoms with Crippen LogP contribution in [0.3, 0.4) is 0 Å². The zero-order chi connectivity index (χ0) is 26.1. The fraction of sp³-hybridized carbons (Fsp3) is 0.519. The van der Waals surface area contributed by atoms with E-state index in [0.717, 1.165) is 18.4 Å². The number of allylic oxidation sites excluding steroid dienone is 2. The van der Waals surface area contributed by atoms with E-state index in [0.29, 0.717) is 6.42 Å². The zero-order valence-corrected chi connectivity index (χ0v) is 20.9. The minimum absolute atomic E-state index is 0.0685. The number of methoxy groups -OCH3 is 1. The molecule has 8 heteroatoms. The van der Waals surface area contributed by atoms with E-state index in [1.165, 1.54) is 7.11 Å². The summed E-state index contributed by atoms with van der Waals surface area (Å²) in [6, 6.07) is 8.10. The first-order valence-corrected chi connectivity index (χ1v) is 12.0. The molecule has 0 unspecified atom stereocenters. The number of esters is 1. The van der Waals surface area contributed by atoms with Gasteiger partial charge in [0.1, 0.15) is 6.10 Å². The van der Waals surface area contributed by atoms with E-state index in [1.807, 2.05) is 36.4 Å². The molecular formula is C27H40N2O6. The van der Waals surface area contributed by atoms with Crippen LogP contribution in [0.2, 0.25) is 0 Å². The van der Waals surface area contributed by atoms with E-state index < -0.39 is 24.1 Å². The van der Waals surface area contributed by atoms with E-state index in [-0.39, 0.29) is 50.3 Å². The Bertz CT molecular complexity index is 798. The van der Waals surface area contributed by atoms with Gasteiger partial charge in [-0.05, 0) is 38.2 Å². The molecule has 0 aliphatic heterocycles. The smallest absolute Gasteiger partial charge is 0.306 e. The average molecular weight is 489 g/mol. The highest BCUT2D eigenvalue weighted by Gasteiger charge is 2.31.